The van der Waals surface area contributed by atoms with Crippen molar-refractivity contribution in [2.24, 2.45) is 5.92 Å². The Bertz CT molecular complexity index is 692. The van der Waals surface area contributed by atoms with Crippen molar-refractivity contribution in [1.82, 2.24) is 4.98 Å². The van der Waals surface area contributed by atoms with Crippen molar-refractivity contribution < 1.29 is 9.84 Å². The van der Waals surface area contributed by atoms with Crippen LogP contribution in [0.3, 0.4) is 0 Å². The molecule has 5 nitrogen and oxygen atoms in total. The number of nitriles is 1. The van der Waals surface area contributed by atoms with Crippen LogP contribution in [0.15, 0.2) is 30.3 Å². The van der Waals surface area contributed by atoms with Crippen LogP contribution < -0.4 is 5.32 Å². The molecule has 1 aromatic heterocycles. The molecule has 2 aromatic rings. The van der Waals surface area contributed by atoms with Crippen molar-refractivity contribution >= 4 is 16.7 Å². The third-order valence-electron chi connectivity index (χ3n) is 3.72. The van der Waals surface area contributed by atoms with E-state index in [1.54, 1.807) is 6.07 Å². The number of nitrogens with one attached hydrogen (secondary N) is 1. The number of ether oxygens (including phenoxy) is 1. The summed E-state index contributed by atoms with van der Waals surface area (Å²) in [6, 6.07) is 11.4. The van der Waals surface area contributed by atoms with Crippen LogP contribution in [0, 0.1) is 17.2 Å². The maximum Gasteiger partial charge on any atom is 0.128 e. The van der Waals surface area contributed by atoms with Crippen molar-refractivity contribution in [2.75, 3.05) is 25.1 Å². The Labute approximate surface area is 129 Å². The molecule has 114 valence electrons. The Balaban J connectivity index is 1.59. The number of benzene rings is 1. The number of aliphatic hydroxyl groups excluding tert-OH is 1. The van der Waals surface area contributed by atoms with Gasteiger partial charge < -0.3 is 15.2 Å². The van der Waals surface area contributed by atoms with Crippen LogP contribution >= 0.6 is 0 Å². The standard InChI is InChI=1S/C17H19N3O2/c18-8-13-7-17(20-16-4-2-1-3-15(13)16)19-9-14(21)11-22-10-12-5-6-12/h1-4,7,12,14,21H,5-6,9-11H2,(H,19,20)/t14-/m0/s1. The summed E-state index contributed by atoms with van der Waals surface area (Å²) in [7, 11) is 0. The van der Waals surface area contributed by atoms with Gasteiger partial charge in [0.05, 0.1) is 29.9 Å². The monoisotopic (exact) mass is 297 g/mol. The fourth-order valence-corrected chi connectivity index (χ4v) is 2.30. The first kappa shape index (κ1) is 14.8. The molecule has 1 aliphatic rings. The molecule has 0 spiro atoms. The average molecular weight is 297 g/mol. The molecule has 22 heavy (non-hydrogen) atoms. The van der Waals surface area contributed by atoms with Gasteiger partial charge in [-0.3, -0.25) is 0 Å². The summed E-state index contributed by atoms with van der Waals surface area (Å²) in [4.78, 5) is 4.46. The molecule has 0 aliphatic heterocycles. The molecule has 5 heteroatoms. The third kappa shape index (κ3) is 3.73. The van der Waals surface area contributed by atoms with E-state index in [1.165, 1.54) is 12.8 Å². The second-order valence-corrected chi connectivity index (χ2v) is 5.70. The number of hydrogen-bond donors (Lipinski definition) is 2. The van der Waals surface area contributed by atoms with Gasteiger partial charge in [-0.2, -0.15) is 5.26 Å². The largest absolute Gasteiger partial charge is 0.389 e. The van der Waals surface area contributed by atoms with Gasteiger partial charge in [-0.05, 0) is 30.9 Å². The molecule has 2 N–H and O–H groups in total. The number of pyridine rings is 1. The first-order valence-electron chi connectivity index (χ1n) is 7.56. The van der Waals surface area contributed by atoms with Crippen LogP contribution in [0.5, 0.6) is 0 Å². The van der Waals surface area contributed by atoms with Gasteiger partial charge in [0.2, 0.25) is 0 Å². The highest BCUT2D eigenvalue weighted by molar-refractivity contribution is 5.86. The lowest BCUT2D eigenvalue weighted by molar-refractivity contribution is 0.0386. The lowest BCUT2D eigenvalue weighted by Gasteiger charge is -2.13. The Morgan fingerprint density at radius 3 is 3.00 bits per heavy atom. The lowest BCUT2D eigenvalue weighted by Crippen LogP contribution is -2.25. The van der Waals surface area contributed by atoms with Gasteiger partial charge >= 0.3 is 0 Å². The summed E-state index contributed by atoms with van der Waals surface area (Å²) >= 11 is 0. The van der Waals surface area contributed by atoms with E-state index in [2.05, 4.69) is 16.4 Å². The van der Waals surface area contributed by atoms with E-state index in [0.717, 1.165) is 17.5 Å². The zero-order chi connectivity index (χ0) is 15.4. The molecular weight excluding hydrogens is 278 g/mol. The number of aliphatic hydroxyl groups is 1. The van der Waals surface area contributed by atoms with Crippen LogP contribution in [0.25, 0.3) is 10.9 Å². The second-order valence-electron chi connectivity index (χ2n) is 5.70. The quantitative estimate of drug-likeness (QED) is 0.820. The van der Waals surface area contributed by atoms with Crippen molar-refractivity contribution in [3.05, 3.63) is 35.9 Å². The van der Waals surface area contributed by atoms with Gasteiger partial charge in [0.1, 0.15) is 5.82 Å². The Hall–Kier alpha value is -2.16. The Kier molecular flexibility index (Phi) is 4.52. The first-order valence-corrected chi connectivity index (χ1v) is 7.56. The van der Waals surface area contributed by atoms with Crippen molar-refractivity contribution in [3.8, 4) is 6.07 Å². The Morgan fingerprint density at radius 1 is 1.41 bits per heavy atom. The summed E-state index contributed by atoms with van der Waals surface area (Å²) in [6.07, 6.45) is 1.90. The summed E-state index contributed by atoms with van der Waals surface area (Å²) in [6.45, 7) is 1.41. The van der Waals surface area contributed by atoms with Crippen LogP contribution in [0.1, 0.15) is 18.4 Å². The highest BCUT2D eigenvalue weighted by atomic mass is 16.5. The maximum absolute atomic E-state index is 9.90. The third-order valence-corrected chi connectivity index (χ3v) is 3.72. The van der Waals surface area contributed by atoms with Crippen molar-refractivity contribution in [1.29, 1.82) is 5.26 Å². The predicted octanol–water partition coefficient (Wildman–Crippen LogP) is 2.31. The van der Waals surface area contributed by atoms with E-state index in [-0.39, 0.29) is 0 Å². The summed E-state index contributed by atoms with van der Waals surface area (Å²) in [5, 5.41) is 23.0. The lowest BCUT2D eigenvalue weighted by atomic mass is 10.1. The molecular formula is C17H19N3O2. The highest BCUT2D eigenvalue weighted by Gasteiger charge is 2.21. The number of nitrogens with zero attached hydrogens (tertiary/aromatic N) is 2. The fraction of sp³-hybridized carbons (Fsp3) is 0.412. The molecule has 1 fully saturated rings. The molecule has 1 atom stereocenters. The fourth-order valence-electron chi connectivity index (χ4n) is 2.30. The molecule has 0 amide bonds. The topological polar surface area (TPSA) is 78.2 Å². The molecule has 1 heterocycles. The number of rotatable bonds is 7. The van der Waals surface area contributed by atoms with Gasteiger partial charge in [0.15, 0.2) is 0 Å². The summed E-state index contributed by atoms with van der Waals surface area (Å²) in [5.74, 6) is 1.29. The maximum atomic E-state index is 9.90. The van der Waals surface area contributed by atoms with E-state index in [0.29, 0.717) is 30.5 Å². The zero-order valence-electron chi connectivity index (χ0n) is 12.3. The van der Waals surface area contributed by atoms with Crippen molar-refractivity contribution in [2.45, 2.75) is 18.9 Å². The smallest absolute Gasteiger partial charge is 0.128 e. The molecule has 0 radical (unpaired) electrons. The number of fused-ring (bicyclic) bond motifs is 1. The minimum absolute atomic E-state index is 0.322. The molecule has 0 unspecified atom stereocenters. The molecule has 1 aliphatic carbocycles. The second kappa shape index (κ2) is 6.73. The minimum atomic E-state index is -0.586. The number of hydrogen-bond acceptors (Lipinski definition) is 5. The number of anilines is 1. The van der Waals surface area contributed by atoms with E-state index in [4.69, 9.17) is 4.74 Å². The molecule has 1 aromatic carbocycles. The van der Waals surface area contributed by atoms with Gasteiger partial charge in [0.25, 0.3) is 0 Å². The van der Waals surface area contributed by atoms with E-state index < -0.39 is 6.10 Å². The molecule has 3 rings (SSSR count). The van der Waals surface area contributed by atoms with Gasteiger partial charge in [0, 0.05) is 18.5 Å². The molecule has 0 saturated heterocycles. The minimum Gasteiger partial charge on any atom is -0.389 e. The van der Waals surface area contributed by atoms with Crippen LogP contribution in [-0.2, 0) is 4.74 Å². The number of para-hydroxylation sites is 1. The van der Waals surface area contributed by atoms with Crippen LogP contribution in [0.4, 0.5) is 5.82 Å². The SMILES string of the molecule is N#Cc1cc(NC[C@H](O)COCC2CC2)nc2ccccc12. The first-order chi connectivity index (χ1) is 10.8. The molecule has 1 saturated carbocycles. The summed E-state index contributed by atoms with van der Waals surface area (Å²) < 4.78 is 5.46. The average Bonchev–Trinajstić information content (AvgIpc) is 3.36. The normalized spacial score (nSPS) is 15.5. The van der Waals surface area contributed by atoms with E-state index in [1.807, 2.05) is 24.3 Å². The number of aromatic nitrogens is 1. The van der Waals surface area contributed by atoms with Gasteiger partial charge in [-0.25, -0.2) is 4.98 Å². The van der Waals surface area contributed by atoms with Gasteiger partial charge in [-0.15, -0.1) is 0 Å². The highest BCUT2D eigenvalue weighted by Crippen LogP contribution is 2.28. The Morgan fingerprint density at radius 2 is 2.23 bits per heavy atom. The van der Waals surface area contributed by atoms with Crippen LogP contribution in [0.2, 0.25) is 0 Å². The molecule has 0 bridgehead atoms. The van der Waals surface area contributed by atoms with E-state index >= 15 is 0 Å². The zero-order valence-corrected chi connectivity index (χ0v) is 12.3. The van der Waals surface area contributed by atoms with E-state index in [9.17, 15) is 10.4 Å². The summed E-state index contributed by atoms with van der Waals surface area (Å²) in [5.41, 5.74) is 1.34. The van der Waals surface area contributed by atoms with Crippen molar-refractivity contribution in [3.63, 3.8) is 0 Å². The predicted molar refractivity (Wildman–Crippen MR) is 84.5 cm³/mol. The van der Waals surface area contributed by atoms with Crippen LogP contribution in [-0.4, -0.2) is 36.0 Å². The van der Waals surface area contributed by atoms with Gasteiger partial charge in [-0.1, -0.05) is 18.2 Å².